The normalized spacial score (nSPS) is 10.6. The van der Waals surface area contributed by atoms with E-state index in [9.17, 15) is 0 Å². The summed E-state index contributed by atoms with van der Waals surface area (Å²) < 4.78 is 0. The maximum atomic E-state index is 8.71. The van der Waals surface area contributed by atoms with E-state index in [2.05, 4.69) is 6.92 Å². The molecule has 26 heavy (non-hydrogen) atoms. The zero-order valence-corrected chi connectivity index (χ0v) is 18.5. The molecule has 0 aromatic carbocycles. The second-order valence-corrected chi connectivity index (χ2v) is 7.76. The summed E-state index contributed by atoms with van der Waals surface area (Å²) in [6.07, 6.45) is 28.1. The van der Waals surface area contributed by atoms with Crippen LogP contribution >= 0.6 is 0 Å². The van der Waals surface area contributed by atoms with Crippen LogP contribution in [0.3, 0.4) is 0 Å². The first kappa shape index (κ1) is 28.1. The molecule has 0 aliphatic heterocycles. The Morgan fingerprint density at radius 1 is 0.346 bits per heavy atom. The lowest BCUT2D eigenvalue weighted by Crippen LogP contribution is -1.85. The van der Waals surface area contributed by atoms with Gasteiger partial charge in [0.1, 0.15) is 0 Å². The third-order valence-corrected chi connectivity index (χ3v) is 5.01. The van der Waals surface area contributed by atoms with Gasteiger partial charge in [-0.1, -0.05) is 129 Å². The van der Waals surface area contributed by atoms with Gasteiger partial charge in [0.25, 0.3) is 0 Å². The van der Waals surface area contributed by atoms with Gasteiger partial charge in [-0.25, -0.2) is 0 Å². The van der Waals surface area contributed by atoms with Crippen LogP contribution < -0.4 is 0 Å². The van der Waals surface area contributed by atoms with Crippen molar-refractivity contribution in [2.75, 3.05) is 13.2 Å². The molecule has 2 nitrogen and oxygen atoms in total. The van der Waals surface area contributed by atoms with Gasteiger partial charge in [-0.3, -0.25) is 0 Å². The molecule has 0 saturated heterocycles. The SMILES string of the molecule is CCCCCCCCCCCCCCCCCCCCCCO.CCO. The van der Waals surface area contributed by atoms with Gasteiger partial charge in [0, 0.05) is 13.2 Å². The molecule has 0 spiro atoms. The van der Waals surface area contributed by atoms with Crippen molar-refractivity contribution in [3.05, 3.63) is 0 Å². The number of aliphatic hydroxyl groups excluding tert-OH is 2. The van der Waals surface area contributed by atoms with Crippen LogP contribution in [-0.2, 0) is 0 Å². The van der Waals surface area contributed by atoms with E-state index in [1.165, 1.54) is 122 Å². The van der Waals surface area contributed by atoms with E-state index >= 15 is 0 Å². The summed E-state index contributed by atoms with van der Waals surface area (Å²) in [5.41, 5.74) is 0. The fraction of sp³-hybridized carbons (Fsp3) is 1.00. The minimum Gasteiger partial charge on any atom is -0.397 e. The van der Waals surface area contributed by atoms with Crippen molar-refractivity contribution in [3.8, 4) is 0 Å². The lowest BCUT2D eigenvalue weighted by molar-refractivity contribution is 0.282. The Balaban J connectivity index is 0. The number of rotatable bonds is 20. The molecule has 0 aromatic heterocycles. The van der Waals surface area contributed by atoms with E-state index in [4.69, 9.17) is 10.2 Å². The Bertz CT molecular complexity index is 186. The standard InChI is InChI=1S/C22H46O.C2H6O/c1-2-3-4-5-6-7-8-9-10-11-12-13-14-15-16-17-18-19-20-21-22-23;1-2-3/h23H,2-22H2,1H3;3H,2H2,1H3. The fourth-order valence-electron chi connectivity index (χ4n) is 3.37. The van der Waals surface area contributed by atoms with E-state index in [0.717, 1.165) is 6.42 Å². The number of hydrogen-bond acceptors (Lipinski definition) is 2. The highest BCUT2D eigenvalue weighted by atomic mass is 16.3. The molecule has 0 unspecified atom stereocenters. The van der Waals surface area contributed by atoms with Crippen LogP contribution in [-0.4, -0.2) is 23.4 Å². The number of aliphatic hydroxyl groups is 2. The third kappa shape index (κ3) is 31.7. The van der Waals surface area contributed by atoms with Gasteiger partial charge in [0.15, 0.2) is 0 Å². The molecule has 0 bridgehead atoms. The molecule has 0 heterocycles. The van der Waals surface area contributed by atoms with Crippen molar-refractivity contribution in [2.24, 2.45) is 0 Å². The summed E-state index contributed by atoms with van der Waals surface area (Å²) in [5.74, 6) is 0. The molecule has 0 amide bonds. The van der Waals surface area contributed by atoms with E-state index in [1.807, 2.05) is 0 Å². The molecule has 0 aromatic rings. The third-order valence-electron chi connectivity index (χ3n) is 5.01. The summed E-state index contributed by atoms with van der Waals surface area (Å²) in [5, 5.41) is 16.3. The molecule has 0 aliphatic carbocycles. The van der Waals surface area contributed by atoms with Crippen LogP contribution in [0.2, 0.25) is 0 Å². The summed E-state index contributed by atoms with van der Waals surface area (Å²) >= 11 is 0. The van der Waals surface area contributed by atoms with Crippen LogP contribution in [0, 0.1) is 0 Å². The molecule has 2 N–H and O–H groups in total. The Morgan fingerprint density at radius 2 is 0.538 bits per heavy atom. The summed E-state index contributed by atoms with van der Waals surface area (Å²) in [7, 11) is 0. The molecular formula is C24H52O2. The van der Waals surface area contributed by atoms with Crippen molar-refractivity contribution in [2.45, 2.75) is 142 Å². The first-order valence-corrected chi connectivity index (χ1v) is 12.0. The van der Waals surface area contributed by atoms with Crippen molar-refractivity contribution < 1.29 is 10.2 Å². The van der Waals surface area contributed by atoms with Crippen molar-refractivity contribution in [3.63, 3.8) is 0 Å². The van der Waals surface area contributed by atoms with Gasteiger partial charge in [-0.05, 0) is 13.3 Å². The molecular weight excluding hydrogens is 320 g/mol. The van der Waals surface area contributed by atoms with Gasteiger partial charge < -0.3 is 10.2 Å². The van der Waals surface area contributed by atoms with E-state index in [-0.39, 0.29) is 6.61 Å². The predicted octanol–water partition coefficient (Wildman–Crippen LogP) is 7.80. The fourth-order valence-corrected chi connectivity index (χ4v) is 3.37. The average molecular weight is 373 g/mol. The van der Waals surface area contributed by atoms with Crippen LogP contribution in [0.4, 0.5) is 0 Å². The van der Waals surface area contributed by atoms with Gasteiger partial charge in [0.2, 0.25) is 0 Å². The van der Waals surface area contributed by atoms with Crippen molar-refractivity contribution in [1.29, 1.82) is 0 Å². The van der Waals surface area contributed by atoms with Crippen LogP contribution in [0.15, 0.2) is 0 Å². The van der Waals surface area contributed by atoms with Crippen molar-refractivity contribution >= 4 is 0 Å². The van der Waals surface area contributed by atoms with Crippen LogP contribution in [0.25, 0.3) is 0 Å². The lowest BCUT2D eigenvalue weighted by atomic mass is 10.0. The molecule has 0 radical (unpaired) electrons. The zero-order chi connectivity index (χ0) is 19.6. The van der Waals surface area contributed by atoms with E-state index < -0.39 is 0 Å². The molecule has 0 atom stereocenters. The first-order valence-electron chi connectivity index (χ1n) is 12.0. The Labute approximate surface area is 166 Å². The summed E-state index contributed by atoms with van der Waals surface area (Å²) in [6, 6.07) is 0. The predicted molar refractivity (Wildman–Crippen MR) is 118 cm³/mol. The minimum atomic E-state index is 0.250. The molecule has 0 aliphatic rings. The molecule has 2 heteroatoms. The van der Waals surface area contributed by atoms with E-state index in [1.54, 1.807) is 6.92 Å². The van der Waals surface area contributed by atoms with E-state index in [0.29, 0.717) is 6.61 Å². The zero-order valence-electron chi connectivity index (χ0n) is 18.5. The average Bonchev–Trinajstić information content (AvgIpc) is 2.64. The van der Waals surface area contributed by atoms with Gasteiger partial charge in [-0.2, -0.15) is 0 Å². The monoisotopic (exact) mass is 372 g/mol. The highest BCUT2D eigenvalue weighted by Crippen LogP contribution is 2.14. The minimum absolute atomic E-state index is 0.250. The lowest BCUT2D eigenvalue weighted by Gasteiger charge is -2.03. The van der Waals surface area contributed by atoms with Crippen molar-refractivity contribution in [1.82, 2.24) is 0 Å². The van der Waals surface area contributed by atoms with Gasteiger partial charge in [0.05, 0.1) is 0 Å². The summed E-state index contributed by atoms with van der Waals surface area (Å²) in [6.45, 7) is 4.60. The molecule has 0 rings (SSSR count). The first-order chi connectivity index (χ1) is 12.8. The Hall–Kier alpha value is -0.0800. The maximum Gasteiger partial charge on any atom is 0.0431 e. The number of hydrogen-bond donors (Lipinski definition) is 2. The van der Waals surface area contributed by atoms with Crippen LogP contribution in [0.1, 0.15) is 142 Å². The highest BCUT2D eigenvalue weighted by Gasteiger charge is 1.95. The molecule has 160 valence electrons. The van der Waals surface area contributed by atoms with Crippen LogP contribution in [0.5, 0.6) is 0 Å². The maximum absolute atomic E-state index is 8.71. The second kappa shape index (κ2) is 29.7. The van der Waals surface area contributed by atoms with Gasteiger partial charge in [-0.15, -0.1) is 0 Å². The summed E-state index contributed by atoms with van der Waals surface area (Å²) in [4.78, 5) is 0. The Morgan fingerprint density at radius 3 is 0.731 bits per heavy atom. The highest BCUT2D eigenvalue weighted by molar-refractivity contribution is 4.50. The smallest absolute Gasteiger partial charge is 0.0431 e. The number of unbranched alkanes of at least 4 members (excludes halogenated alkanes) is 19. The quantitative estimate of drug-likeness (QED) is 0.214. The topological polar surface area (TPSA) is 40.5 Å². The molecule has 0 saturated carbocycles. The Kier molecular flexibility index (Phi) is 32.1. The largest absolute Gasteiger partial charge is 0.397 e. The second-order valence-electron chi connectivity index (χ2n) is 7.76. The molecule has 0 fully saturated rings. The van der Waals surface area contributed by atoms with Gasteiger partial charge >= 0.3 is 0 Å².